The first-order valence-electron chi connectivity index (χ1n) is 7.46. The van der Waals surface area contributed by atoms with E-state index in [9.17, 15) is 0 Å². The van der Waals surface area contributed by atoms with Crippen molar-refractivity contribution >= 4 is 0 Å². The van der Waals surface area contributed by atoms with Crippen molar-refractivity contribution < 1.29 is 51.0 Å². The van der Waals surface area contributed by atoms with Gasteiger partial charge < -0.3 is 24.8 Å². The minimum Gasteiger partial charge on any atom is -1.00 e. The fourth-order valence-corrected chi connectivity index (χ4v) is 3.45. The average Bonchev–Trinajstić information content (AvgIpc) is 3.12. The van der Waals surface area contributed by atoms with Gasteiger partial charge in [-0.3, -0.25) is 0 Å². The second-order valence-corrected chi connectivity index (χ2v) is 5.75. The van der Waals surface area contributed by atoms with Gasteiger partial charge in [0.1, 0.15) is 0 Å². The third kappa shape index (κ3) is 4.08. The van der Waals surface area contributed by atoms with E-state index in [1.54, 1.807) is 5.56 Å². The molecule has 2 aliphatic carbocycles. The van der Waals surface area contributed by atoms with Crippen molar-refractivity contribution in [3.63, 3.8) is 0 Å². The van der Waals surface area contributed by atoms with E-state index in [1.165, 1.54) is 35.1 Å². The monoisotopic (exact) mass is 418 g/mol. The summed E-state index contributed by atoms with van der Waals surface area (Å²) in [5, 5.41) is 0. The number of aryl methyl sites for hydroxylation is 1. The molecule has 2 aliphatic rings. The fraction of sp³-hybridized carbons (Fsp3) is 0.200. The molecular formula is C20H18Cl2Zr. The van der Waals surface area contributed by atoms with Crippen LogP contribution in [0.1, 0.15) is 23.1 Å². The van der Waals surface area contributed by atoms with Crippen molar-refractivity contribution in [2.45, 2.75) is 19.3 Å². The zero-order chi connectivity index (χ0) is 13.4. The number of halogens is 2. The maximum absolute atomic E-state index is 2.31. The van der Waals surface area contributed by atoms with Crippen molar-refractivity contribution in [1.29, 1.82) is 0 Å². The van der Waals surface area contributed by atoms with Crippen molar-refractivity contribution in [2.24, 2.45) is 5.92 Å². The van der Waals surface area contributed by atoms with Crippen LogP contribution in [-0.4, -0.2) is 0 Å². The van der Waals surface area contributed by atoms with Crippen LogP contribution in [-0.2, 0) is 39.0 Å². The molecule has 0 aliphatic heterocycles. The predicted octanol–water partition coefficient (Wildman–Crippen LogP) is -1.06. The Morgan fingerprint density at radius 2 is 1.52 bits per heavy atom. The maximum Gasteiger partial charge on any atom is 2.00 e. The molecule has 0 fully saturated rings. The van der Waals surface area contributed by atoms with Gasteiger partial charge in [-0.25, -0.2) is 0 Å². The molecule has 0 atom stereocenters. The van der Waals surface area contributed by atoms with Crippen LogP contribution < -0.4 is 24.8 Å². The summed E-state index contributed by atoms with van der Waals surface area (Å²) in [5.74, 6) is 0.634. The zero-order valence-electron chi connectivity index (χ0n) is 12.8. The maximum atomic E-state index is 2.31. The Morgan fingerprint density at radius 3 is 2.30 bits per heavy atom. The van der Waals surface area contributed by atoms with E-state index in [0.29, 0.717) is 5.92 Å². The molecule has 2 aromatic rings. The molecule has 4 rings (SSSR count). The molecule has 0 spiro atoms. The SMILES string of the molecule is C1=CC(CCc2cccc3c2Cc2ccccc2-3)C=C1.[Cl-].[Cl-].[Zr+2]. The standard InChI is InChI=1S/C20H18.2ClH.Zr/c1-2-7-15(6-1)12-13-16-9-5-11-19-18-10-4-3-8-17(18)14-20(16)19;;;/h1-11,15H,12-14H2;2*1H;/q;;;+2/p-2. The second kappa shape index (κ2) is 9.02. The zero-order valence-corrected chi connectivity index (χ0v) is 16.8. The Hall–Kier alpha value is -0.617. The number of fused-ring (bicyclic) bond motifs is 3. The number of hydrogen-bond donors (Lipinski definition) is 0. The molecule has 3 heteroatoms. The normalized spacial score (nSPS) is 13.6. The van der Waals surface area contributed by atoms with Gasteiger partial charge in [0.25, 0.3) is 0 Å². The number of allylic oxidation sites excluding steroid dienone is 4. The quantitative estimate of drug-likeness (QED) is 0.507. The minimum absolute atomic E-state index is 0. The van der Waals surface area contributed by atoms with Crippen LogP contribution in [0.4, 0.5) is 0 Å². The summed E-state index contributed by atoms with van der Waals surface area (Å²) in [6, 6.07) is 15.6. The van der Waals surface area contributed by atoms with Crippen molar-refractivity contribution in [2.75, 3.05) is 0 Å². The molecule has 0 aromatic heterocycles. The smallest absolute Gasteiger partial charge is 1.00 e. The van der Waals surface area contributed by atoms with Crippen molar-refractivity contribution in [3.8, 4) is 11.1 Å². The Kier molecular flexibility index (Phi) is 8.01. The van der Waals surface area contributed by atoms with Crippen molar-refractivity contribution in [1.82, 2.24) is 0 Å². The van der Waals surface area contributed by atoms with Gasteiger partial charge >= 0.3 is 26.2 Å². The second-order valence-electron chi connectivity index (χ2n) is 5.75. The van der Waals surface area contributed by atoms with E-state index in [-0.39, 0.29) is 51.0 Å². The van der Waals surface area contributed by atoms with E-state index < -0.39 is 0 Å². The van der Waals surface area contributed by atoms with E-state index >= 15 is 0 Å². The first-order valence-corrected chi connectivity index (χ1v) is 7.46. The van der Waals surface area contributed by atoms with Crippen LogP contribution in [0.3, 0.4) is 0 Å². The molecule has 0 unspecified atom stereocenters. The molecule has 0 heterocycles. The Balaban J connectivity index is 0.000000882. The molecule has 23 heavy (non-hydrogen) atoms. The topological polar surface area (TPSA) is 0 Å². The molecule has 2 aromatic carbocycles. The Morgan fingerprint density at radius 1 is 0.826 bits per heavy atom. The van der Waals surface area contributed by atoms with Gasteiger partial charge in [-0.2, -0.15) is 0 Å². The first-order chi connectivity index (χ1) is 9.92. The van der Waals surface area contributed by atoms with Crippen LogP contribution in [0, 0.1) is 5.92 Å². The van der Waals surface area contributed by atoms with Crippen LogP contribution in [0.5, 0.6) is 0 Å². The van der Waals surface area contributed by atoms with Gasteiger partial charge in [0.2, 0.25) is 0 Å². The Bertz CT molecular complexity index is 707. The molecule has 0 saturated carbocycles. The van der Waals surface area contributed by atoms with Crippen LogP contribution in [0.15, 0.2) is 66.8 Å². The molecule has 0 N–H and O–H groups in total. The molecule has 0 bridgehead atoms. The third-order valence-corrected chi connectivity index (χ3v) is 4.52. The predicted molar refractivity (Wildman–Crippen MR) is 84.8 cm³/mol. The van der Waals surface area contributed by atoms with Gasteiger partial charge in [-0.1, -0.05) is 66.8 Å². The molecule has 0 saturated heterocycles. The summed E-state index contributed by atoms with van der Waals surface area (Å²) in [6.45, 7) is 0. The van der Waals surface area contributed by atoms with Gasteiger partial charge in [0, 0.05) is 0 Å². The van der Waals surface area contributed by atoms with Crippen LogP contribution in [0.25, 0.3) is 11.1 Å². The molecule has 116 valence electrons. The molecule has 0 nitrogen and oxygen atoms in total. The summed E-state index contributed by atoms with van der Waals surface area (Å²) in [4.78, 5) is 0. The summed E-state index contributed by atoms with van der Waals surface area (Å²) in [6.07, 6.45) is 12.4. The van der Waals surface area contributed by atoms with Gasteiger partial charge in [-0.15, -0.1) is 0 Å². The molecule has 0 radical (unpaired) electrons. The first kappa shape index (κ1) is 20.4. The fourth-order valence-electron chi connectivity index (χ4n) is 3.45. The van der Waals surface area contributed by atoms with Crippen molar-refractivity contribution in [3.05, 3.63) is 83.5 Å². The number of benzene rings is 2. The summed E-state index contributed by atoms with van der Waals surface area (Å²) in [7, 11) is 0. The molecular weight excluding hydrogens is 402 g/mol. The van der Waals surface area contributed by atoms with Gasteiger partial charge in [0.05, 0.1) is 0 Å². The van der Waals surface area contributed by atoms with E-state index in [0.717, 1.165) is 6.42 Å². The number of rotatable bonds is 3. The molecule has 0 amide bonds. The van der Waals surface area contributed by atoms with E-state index in [4.69, 9.17) is 0 Å². The van der Waals surface area contributed by atoms with Crippen LogP contribution >= 0.6 is 0 Å². The number of hydrogen-bond acceptors (Lipinski definition) is 0. The Labute approximate surface area is 170 Å². The average molecular weight is 420 g/mol. The third-order valence-electron chi connectivity index (χ3n) is 4.52. The van der Waals surface area contributed by atoms with Gasteiger partial charge in [0.15, 0.2) is 0 Å². The largest absolute Gasteiger partial charge is 2.00 e. The van der Waals surface area contributed by atoms with Gasteiger partial charge in [-0.05, 0) is 53.0 Å². The van der Waals surface area contributed by atoms with Crippen LogP contribution in [0.2, 0.25) is 0 Å². The van der Waals surface area contributed by atoms with E-state index in [1.807, 2.05) is 0 Å². The van der Waals surface area contributed by atoms with E-state index in [2.05, 4.69) is 66.8 Å². The summed E-state index contributed by atoms with van der Waals surface area (Å²) < 4.78 is 0. The summed E-state index contributed by atoms with van der Waals surface area (Å²) in [5.41, 5.74) is 7.46. The minimum atomic E-state index is 0. The summed E-state index contributed by atoms with van der Waals surface area (Å²) >= 11 is 0.